The van der Waals surface area contributed by atoms with Crippen LogP contribution in [0.2, 0.25) is 0 Å². The largest absolute Gasteiger partial charge is 0.480 e. The van der Waals surface area contributed by atoms with Gasteiger partial charge in [0, 0.05) is 6.04 Å². The maximum atomic E-state index is 11.4. The summed E-state index contributed by atoms with van der Waals surface area (Å²) >= 11 is 0. The van der Waals surface area contributed by atoms with Gasteiger partial charge in [0.1, 0.15) is 6.04 Å². The Balaban J connectivity index is 2.16. The zero-order valence-electron chi connectivity index (χ0n) is 10.8. The number of carboxylic acids is 1. The summed E-state index contributed by atoms with van der Waals surface area (Å²) < 4.78 is 0. The van der Waals surface area contributed by atoms with Crippen molar-refractivity contribution in [3.63, 3.8) is 0 Å². The van der Waals surface area contributed by atoms with Crippen LogP contribution in [0.1, 0.15) is 30.1 Å². The fraction of sp³-hybridized carbons (Fsp3) is 0.188. The Bertz CT molecular complexity index is 525. The number of hydrogen-bond acceptors (Lipinski definition) is 2. The van der Waals surface area contributed by atoms with E-state index in [-0.39, 0.29) is 6.04 Å². The predicted molar refractivity (Wildman–Crippen MR) is 74.8 cm³/mol. The van der Waals surface area contributed by atoms with Crippen molar-refractivity contribution in [1.82, 2.24) is 5.32 Å². The summed E-state index contributed by atoms with van der Waals surface area (Å²) in [6.07, 6.45) is 0. The number of rotatable bonds is 5. The van der Waals surface area contributed by atoms with Gasteiger partial charge in [-0.1, -0.05) is 60.7 Å². The van der Waals surface area contributed by atoms with Crippen molar-refractivity contribution in [3.05, 3.63) is 71.8 Å². The van der Waals surface area contributed by atoms with Crippen LogP contribution in [0.3, 0.4) is 0 Å². The third-order valence-corrected chi connectivity index (χ3v) is 3.10. The van der Waals surface area contributed by atoms with Gasteiger partial charge in [-0.15, -0.1) is 0 Å². The highest BCUT2D eigenvalue weighted by Gasteiger charge is 2.21. The van der Waals surface area contributed by atoms with Crippen molar-refractivity contribution >= 4 is 5.97 Å². The molecule has 0 saturated carbocycles. The van der Waals surface area contributed by atoms with Crippen LogP contribution in [0.5, 0.6) is 0 Å². The number of nitrogens with one attached hydrogen (secondary N) is 1. The van der Waals surface area contributed by atoms with E-state index in [4.69, 9.17) is 0 Å². The molecule has 0 fully saturated rings. The Morgan fingerprint density at radius 2 is 1.42 bits per heavy atom. The molecular formula is C16H17NO2. The third-order valence-electron chi connectivity index (χ3n) is 3.10. The van der Waals surface area contributed by atoms with Crippen molar-refractivity contribution in [2.75, 3.05) is 0 Å². The van der Waals surface area contributed by atoms with Gasteiger partial charge >= 0.3 is 5.97 Å². The van der Waals surface area contributed by atoms with Crippen LogP contribution in [-0.4, -0.2) is 11.1 Å². The molecule has 0 heterocycles. The molecule has 0 aliphatic carbocycles. The first kappa shape index (κ1) is 13.3. The van der Waals surface area contributed by atoms with E-state index in [1.54, 1.807) is 0 Å². The number of carbonyl (C=O) groups is 1. The summed E-state index contributed by atoms with van der Waals surface area (Å²) in [5.41, 5.74) is 1.84. The zero-order valence-corrected chi connectivity index (χ0v) is 10.8. The van der Waals surface area contributed by atoms with Crippen LogP contribution < -0.4 is 5.32 Å². The molecule has 0 aliphatic heterocycles. The molecule has 0 aromatic heterocycles. The molecule has 0 aliphatic rings. The summed E-state index contributed by atoms with van der Waals surface area (Å²) in [5, 5.41) is 12.5. The minimum absolute atomic E-state index is 0.0255. The Kier molecular flexibility index (Phi) is 4.31. The topological polar surface area (TPSA) is 49.3 Å². The second kappa shape index (κ2) is 6.16. The normalized spacial score (nSPS) is 13.7. The average molecular weight is 255 g/mol. The molecule has 2 aromatic rings. The third kappa shape index (κ3) is 3.42. The standard InChI is InChI=1S/C16H17NO2/c1-12(13-8-4-2-5-9-13)17-15(16(18)19)14-10-6-3-7-11-14/h2-12,15,17H,1H3,(H,18,19)/t12-,15+/m0/s1. The molecule has 0 saturated heterocycles. The Labute approximate surface area is 112 Å². The van der Waals surface area contributed by atoms with Gasteiger partial charge in [-0.3, -0.25) is 10.1 Å². The molecule has 3 nitrogen and oxygen atoms in total. The Morgan fingerprint density at radius 1 is 0.947 bits per heavy atom. The van der Waals surface area contributed by atoms with Crippen molar-refractivity contribution in [1.29, 1.82) is 0 Å². The molecule has 2 rings (SSSR count). The summed E-state index contributed by atoms with van der Waals surface area (Å²) in [7, 11) is 0. The van der Waals surface area contributed by atoms with Gasteiger partial charge < -0.3 is 5.11 Å². The molecule has 2 aromatic carbocycles. The van der Waals surface area contributed by atoms with Crippen molar-refractivity contribution < 1.29 is 9.90 Å². The highest BCUT2D eigenvalue weighted by Crippen LogP contribution is 2.19. The van der Waals surface area contributed by atoms with Crippen molar-refractivity contribution in [2.45, 2.75) is 19.0 Å². The number of carboxylic acid groups (broad SMARTS) is 1. The van der Waals surface area contributed by atoms with Crippen molar-refractivity contribution in [2.24, 2.45) is 0 Å². The van der Waals surface area contributed by atoms with E-state index < -0.39 is 12.0 Å². The molecule has 2 N–H and O–H groups in total. The molecule has 19 heavy (non-hydrogen) atoms. The molecule has 98 valence electrons. The lowest BCUT2D eigenvalue weighted by atomic mass is 10.0. The average Bonchev–Trinajstić information content (AvgIpc) is 2.46. The van der Waals surface area contributed by atoms with Gasteiger partial charge in [0.15, 0.2) is 0 Å². The molecule has 3 heteroatoms. The monoisotopic (exact) mass is 255 g/mol. The van der Waals surface area contributed by atoms with Gasteiger partial charge in [-0.2, -0.15) is 0 Å². The molecule has 0 amide bonds. The van der Waals surface area contributed by atoms with Gasteiger partial charge in [0.05, 0.1) is 0 Å². The zero-order chi connectivity index (χ0) is 13.7. The van der Waals surface area contributed by atoms with Gasteiger partial charge in [0.2, 0.25) is 0 Å². The smallest absolute Gasteiger partial charge is 0.325 e. The lowest BCUT2D eigenvalue weighted by Crippen LogP contribution is -2.30. The van der Waals surface area contributed by atoms with E-state index in [1.807, 2.05) is 67.6 Å². The molecule has 0 radical (unpaired) electrons. The van der Waals surface area contributed by atoms with E-state index in [0.717, 1.165) is 11.1 Å². The predicted octanol–water partition coefficient (Wildman–Crippen LogP) is 3.16. The fourth-order valence-electron chi connectivity index (χ4n) is 2.04. The van der Waals surface area contributed by atoms with E-state index in [2.05, 4.69) is 5.32 Å². The number of aliphatic carboxylic acids is 1. The lowest BCUT2D eigenvalue weighted by Gasteiger charge is -2.20. The summed E-state index contributed by atoms with van der Waals surface area (Å²) in [5.74, 6) is -0.867. The highest BCUT2D eigenvalue weighted by atomic mass is 16.4. The second-order valence-corrected chi connectivity index (χ2v) is 4.48. The van der Waals surface area contributed by atoms with Gasteiger partial charge in [0.25, 0.3) is 0 Å². The summed E-state index contributed by atoms with van der Waals surface area (Å²) in [4.78, 5) is 11.4. The first-order chi connectivity index (χ1) is 9.18. The summed E-state index contributed by atoms with van der Waals surface area (Å²) in [6.45, 7) is 1.97. The quantitative estimate of drug-likeness (QED) is 0.862. The van der Waals surface area contributed by atoms with Crippen LogP contribution in [0.15, 0.2) is 60.7 Å². The maximum absolute atomic E-state index is 11.4. The van der Waals surface area contributed by atoms with E-state index in [9.17, 15) is 9.90 Å². The van der Waals surface area contributed by atoms with Crippen LogP contribution in [0.25, 0.3) is 0 Å². The second-order valence-electron chi connectivity index (χ2n) is 4.48. The molecular weight excluding hydrogens is 238 g/mol. The van der Waals surface area contributed by atoms with Crippen LogP contribution in [-0.2, 0) is 4.79 Å². The molecule has 2 atom stereocenters. The molecule has 0 spiro atoms. The van der Waals surface area contributed by atoms with E-state index >= 15 is 0 Å². The van der Waals surface area contributed by atoms with Crippen LogP contribution in [0.4, 0.5) is 0 Å². The van der Waals surface area contributed by atoms with Crippen LogP contribution in [0, 0.1) is 0 Å². The minimum Gasteiger partial charge on any atom is -0.480 e. The van der Waals surface area contributed by atoms with Crippen LogP contribution >= 0.6 is 0 Å². The number of benzene rings is 2. The summed E-state index contributed by atoms with van der Waals surface area (Å²) in [6, 6.07) is 18.3. The maximum Gasteiger partial charge on any atom is 0.325 e. The minimum atomic E-state index is -0.867. The Hall–Kier alpha value is -2.13. The molecule has 0 bridgehead atoms. The van der Waals surface area contributed by atoms with E-state index in [0.29, 0.717) is 0 Å². The lowest BCUT2D eigenvalue weighted by molar-refractivity contribution is -0.139. The SMILES string of the molecule is C[C@H](N[C@@H](C(=O)O)c1ccccc1)c1ccccc1. The number of hydrogen-bond donors (Lipinski definition) is 2. The Morgan fingerprint density at radius 3 is 1.89 bits per heavy atom. The highest BCUT2D eigenvalue weighted by molar-refractivity contribution is 5.75. The van der Waals surface area contributed by atoms with Crippen molar-refractivity contribution in [3.8, 4) is 0 Å². The van der Waals surface area contributed by atoms with E-state index in [1.165, 1.54) is 0 Å². The first-order valence-corrected chi connectivity index (χ1v) is 6.27. The van der Waals surface area contributed by atoms with Gasteiger partial charge in [-0.05, 0) is 18.1 Å². The first-order valence-electron chi connectivity index (χ1n) is 6.27. The molecule has 0 unspecified atom stereocenters. The van der Waals surface area contributed by atoms with Gasteiger partial charge in [-0.25, -0.2) is 0 Å². The fourth-order valence-corrected chi connectivity index (χ4v) is 2.04.